The zero-order valence-corrected chi connectivity index (χ0v) is 9.10. The van der Waals surface area contributed by atoms with Crippen molar-refractivity contribution in [2.45, 2.75) is 32.2 Å². The van der Waals surface area contributed by atoms with E-state index in [9.17, 15) is 9.59 Å². The summed E-state index contributed by atoms with van der Waals surface area (Å²) < 4.78 is 5.15. The topological polar surface area (TPSA) is 79.5 Å². The molecule has 16 heavy (non-hydrogen) atoms. The van der Waals surface area contributed by atoms with Crippen molar-refractivity contribution in [2.75, 3.05) is 0 Å². The average Bonchev–Trinajstić information content (AvgIpc) is 2.66. The summed E-state index contributed by atoms with van der Waals surface area (Å²) in [5.74, 6) is -0.291. The third kappa shape index (κ3) is 4.63. The summed E-state index contributed by atoms with van der Waals surface area (Å²) in [7, 11) is 0. The van der Waals surface area contributed by atoms with Crippen LogP contribution in [0.3, 0.4) is 0 Å². The van der Waals surface area contributed by atoms with Gasteiger partial charge >= 0.3 is 5.97 Å². The van der Waals surface area contributed by atoms with Crippen molar-refractivity contribution in [2.24, 2.45) is 0 Å². The molecule has 5 heteroatoms. The van der Waals surface area contributed by atoms with Crippen LogP contribution in [0.15, 0.2) is 22.8 Å². The number of carbonyl (C=O) groups is 2. The summed E-state index contributed by atoms with van der Waals surface area (Å²) in [6, 6.07) is 3.37. The van der Waals surface area contributed by atoms with E-state index in [0.29, 0.717) is 12.8 Å². The highest BCUT2D eigenvalue weighted by Gasteiger charge is 2.14. The Hall–Kier alpha value is -1.78. The van der Waals surface area contributed by atoms with E-state index in [1.54, 1.807) is 18.4 Å². The Bertz CT molecular complexity index is 345. The van der Waals surface area contributed by atoms with Gasteiger partial charge in [0.05, 0.1) is 6.26 Å². The molecule has 1 aromatic rings. The monoisotopic (exact) mass is 225 g/mol. The molecule has 1 aromatic heterocycles. The molecule has 1 unspecified atom stereocenters. The fraction of sp³-hybridized carbons (Fsp3) is 0.455. The van der Waals surface area contributed by atoms with Crippen molar-refractivity contribution < 1.29 is 19.1 Å². The predicted molar refractivity (Wildman–Crippen MR) is 56.9 cm³/mol. The molecule has 0 aliphatic carbocycles. The fourth-order valence-electron chi connectivity index (χ4n) is 1.48. The largest absolute Gasteiger partial charge is 0.481 e. The van der Waals surface area contributed by atoms with Gasteiger partial charge in [0.15, 0.2) is 0 Å². The number of hydrogen-bond donors (Lipinski definition) is 2. The number of carboxylic acids is 1. The molecule has 88 valence electrons. The Morgan fingerprint density at radius 2 is 2.31 bits per heavy atom. The van der Waals surface area contributed by atoms with Gasteiger partial charge in [-0.1, -0.05) is 0 Å². The maximum absolute atomic E-state index is 10.9. The summed E-state index contributed by atoms with van der Waals surface area (Å²) in [4.78, 5) is 21.4. The van der Waals surface area contributed by atoms with Gasteiger partial charge in [-0.25, -0.2) is 0 Å². The molecule has 0 bridgehead atoms. The van der Waals surface area contributed by atoms with Crippen LogP contribution in [0.5, 0.6) is 0 Å². The third-order valence-electron chi connectivity index (χ3n) is 2.14. The second kappa shape index (κ2) is 5.95. The summed E-state index contributed by atoms with van der Waals surface area (Å²) in [5, 5.41) is 11.3. The van der Waals surface area contributed by atoms with Gasteiger partial charge < -0.3 is 14.8 Å². The quantitative estimate of drug-likeness (QED) is 0.762. The van der Waals surface area contributed by atoms with Gasteiger partial charge in [0.2, 0.25) is 5.91 Å². The molecule has 1 rings (SSSR count). The Kier molecular flexibility index (Phi) is 4.57. The lowest BCUT2D eigenvalue weighted by atomic mass is 10.1. The maximum Gasteiger partial charge on any atom is 0.303 e. The SMILES string of the molecule is CC(=O)NC(CCC(=O)O)Cc1ccco1. The highest BCUT2D eigenvalue weighted by molar-refractivity contribution is 5.73. The highest BCUT2D eigenvalue weighted by Crippen LogP contribution is 2.08. The lowest BCUT2D eigenvalue weighted by Crippen LogP contribution is -2.35. The fourth-order valence-corrected chi connectivity index (χ4v) is 1.48. The van der Waals surface area contributed by atoms with E-state index >= 15 is 0 Å². The zero-order valence-electron chi connectivity index (χ0n) is 9.10. The van der Waals surface area contributed by atoms with E-state index in [-0.39, 0.29) is 18.4 Å². The second-order valence-corrected chi connectivity index (χ2v) is 3.61. The molecule has 1 atom stereocenters. The highest BCUT2D eigenvalue weighted by atomic mass is 16.4. The summed E-state index contributed by atoms with van der Waals surface area (Å²) in [6.07, 6.45) is 2.50. The first-order chi connectivity index (χ1) is 7.58. The van der Waals surface area contributed by atoms with Crippen molar-refractivity contribution in [1.29, 1.82) is 0 Å². The molecule has 0 radical (unpaired) electrons. The number of carboxylic acid groups (broad SMARTS) is 1. The lowest BCUT2D eigenvalue weighted by Gasteiger charge is -2.15. The zero-order chi connectivity index (χ0) is 12.0. The average molecular weight is 225 g/mol. The van der Waals surface area contributed by atoms with Gasteiger partial charge in [-0.3, -0.25) is 9.59 Å². The van der Waals surface area contributed by atoms with Crippen LogP contribution in [-0.2, 0) is 16.0 Å². The van der Waals surface area contributed by atoms with E-state index < -0.39 is 5.97 Å². The van der Waals surface area contributed by atoms with E-state index in [2.05, 4.69) is 5.32 Å². The first kappa shape index (κ1) is 12.3. The second-order valence-electron chi connectivity index (χ2n) is 3.61. The lowest BCUT2D eigenvalue weighted by molar-refractivity contribution is -0.137. The van der Waals surface area contributed by atoms with Crippen LogP contribution in [0, 0.1) is 0 Å². The smallest absolute Gasteiger partial charge is 0.303 e. The molecular weight excluding hydrogens is 210 g/mol. The number of rotatable bonds is 6. The molecule has 0 saturated carbocycles. The Balaban J connectivity index is 2.49. The Morgan fingerprint density at radius 1 is 1.56 bits per heavy atom. The minimum Gasteiger partial charge on any atom is -0.481 e. The van der Waals surface area contributed by atoms with Crippen LogP contribution in [0.1, 0.15) is 25.5 Å². The van der Waals surface area contributed by atoms with Crippen molar-refractivity contribution in [3.05, 3.63) is 24.2 Å². The van der Waals surface area contributed by atoms with E-state index in [1.165, 1.54) is 6.92 Å². The molecule has 2 N–H and O–H groups in total. The van der Waals surface area contributed by atoms with Gasteiger partial charge in [-0.05, 0) is 18.6 Å². The number of furan rings is 1. The van der Waals surface area contributed by atoms with Gasteiger partial charge in [-0.15, -0.1) is 0 Å². The Labute approximate surface area is 93.4 Å². The molecular formula is C11H15NO4. The molecule has 0 fully saturated rings. The van der Waals surface area contributed by atoms with E-state index in [0.717, 1.165) is 5.76 Å². The number of nitrogens with one attached hydrogen (secondary N) is 1. The van der Waals surface area contributed by atoms with Crippen LogP contribution in [0.4, 0.5) is 0 Å². The molecule has 5 nitrogen and oxygen atoms in total. The van der Waals surface area contributed by atoms with Gasteiger partial charge in [-0.2, -0.15) is 0 Å². The van der Waals surface area contributed by atoms with Crippen LogP contribution in [0.2, 0.25) is 0 Å². The molecule has 0 aliphatic heterocycles. The van der Waals surface area contributed by atoms with Crippen LogP contribution in [0.25, 0.3) is 0 Å². The molecule has 1 amide bonds. The number of carbonyl (C=O) groups excluding carboxylic acids is 1. The predicted octanol–water partition coefficient (Wildman–Crippen LogP) is 1.19. The minimum atomic E-state index is -0.866. The van der Waals surface area contributed by atoms with Crippen molar-refractivity contribution in [3.8, 4) is 0 Å². The molecule has 0 aliphatic rings. The number of hydrogen-bond acceptors (Lipinski definition) is 3. The first-order valence-corrected chi connectivity index (χ1v) is 5.09. The van der Waals surface area contributed by atoms with Gasteiger partial charge in [0.25, 0.3) is 0 Å². The van der Waals surface area contributed by atoms with E-state index in [1.807, 2.05) is 0 Å². The minimum absolute atomic E-state index is 0.0334. The standard InChI is InChI=1S/C11H15NO4/c1-8(13)12-9(4-5-11(14)15)7-10-3-2-6-16-10/h2-3,6,9H,4-5,7H2,1H3,(H,12,13)(H,14,15). The van der Waals surface area contributed by atoms with Gasteiger partial charge in [0, 0.05) is 25.8 Å². The summed E-state index contributed by atoms with van der Waals surface area (Å²) >= 11 is 0. The summed E-state index contributed by atoms with van der Waals surface area (Å²) in [6.45, 7) is 1.41. The maximum atomic E-state index is 10.9. The van der Waals surface area contributed by atoms with Crippen molar-refractivity contribution in [1.82, 2.24) is 5.32 Å². The van der Waals surface area contributed by atoms with Crippen LogP contribution < -0.4 is 5.32 Å². The molecule has 1 heterocycles. The van der Waals surface area contributed by atoms with E-state index in [4.69, 9.17) is 9.52 Å². The molecule has 0 saturated heterocycles. The van der Waals surface area contributed by atoms with Crippen LogP contribution in [-0.4, -0.2) is 23.0 Å². The third-order valence-corrected chi connectivity index (χ3v) is 2.14. The Morgan fingerprint density at radius 3 is 2.81 bits per heavy atom. The van der Waals surface area contributed by atoms with Crippen molar-refractivity contribution >= 4 is 11.9 Å². The number of amides is 1. The molecule has 0 aromatic carbocycles. The number of aliphatic carboxylic acids is 1. The molecule has 0 spiro atoms. The van der Waals surface area contributed by atoms with Crippen LogP contribution >= 0.6 is 0 Å². The normalized spacial score (nSPS) is 12.1. The van der Waals surface area contributed by atoms with Crippen molar-refractivity contribution in [3.63, 3.8) is 0 Å². The first-order valence-electron chi connectivity index (χ1n) is 5.09. The summed E-state index contributed by atoms with van der Waals surface area (Å²) in [5.41, 5.74) is 0. The van der Waals surface area contributed by atoms with Gasteiger partial charge in [0.1, 0.15) is 5.76 Å².